The molecular weight excluding hydrogens is 236 g/mol. The quantitative estimate of drug-likeness (QED) is 0.722. The molecule has 1 aliphatic heterocycles. The van der Waals surface area contributed by atoms with Gasteiger partial charge in [-0.05, 0) is 12.1 Å². The molecule has 0 spiro atoms. The van der Waals surface area contributed by atoms with Crippen LogP contribution in [0.3, 0.4) is 0 Å². The van der Waals surface area contributed by atoms with Crippen molar-refractivity contribution in [2.75, 3.05) is 32.2 Å². The van der Waals surface area contributed by atoms with Gasteiger partial charge in [0.25, 0.3) is 0 Å². The van der Waals surface area contributed by atoms with Crippen LogP contribution in [-0.2, 0) is 9.53 Å². The number of hydrogen-bond acceptors (Lipinski definition) is 5. The Morgan fingerprint density at radius 1 is 1.61 bits per heavy atom. The fraction of sp³-hybridized carbons (Fsp3) is 0.417. The van der Waals surface area contributed by atoms with Gasteiger partial charge in [-0.1, -0.05) is 0 Å². The number of phenols is 1. The van der Waals surface area contributed by atoms with E-state index in [1.165, 1.54) is 13.2 Å². The number of hydrogen-bond donors (Lipinski definition) is 3. The minimum absolute atomic E-state index is 0.0110. The van der Waals surface area contributed by atoms with Gasteiger partial charge in [-0.25, -0.2) is 0 Å². The maximum absolute atomic E-state index is 11.9. The Kier molecular flexibility index (Phi) is 4.01. The van der Waals surface area contributed by atoms with E-state index in [4.69, 9.17) is 9.47 Å². The van der Waals surface area contributed by atoms with Gasteiger partial charge in [-0.2, -0.15) is 0 Å². The van der Waals surface area contributed by atoms with Crippen molar-refractivity contribution in [2.24, 2.45) is 0 Å². The van der Waals surface area contributed by atoms with Crippen molar-refractivity contribution in [1.82, 2.24) is 5.32 Å². The number of carbonyl (C=O) groups excluding carboxylic acids is 1. The van der Waals surface area contributed by atoms with Crippen LogP contribution in [-0.4, -0.2) is 43.9 Å². The van der Waals surface area contributed by atoms with Crippen LogP contribution in [0.5, 0.6) is 11.5 Å². The predicted molar refractivity (Wildman–Crippen MR) is 65.9 cm³/mol. The lowest BCUT2D eigenvalue weighted by atomic mass is 10.2. The monoisotopic (exact) mass is 252 g/mol. The number of aromatic hydroxyl groups is 1. The number of ether oxygens (including phenoxy) is 2. The molecule has 1 aromatic carbocycles. The van der Waals surface area contributed by atoms with Crippen molar-refractivity contribution in [3.8, 4) is 11.5 Å². The Morgan fingerprint density at radius 3 is 3.06 bits per heavy atom. The lowest BCUT2D eigenvalue weighted by Gasteiger charge is -2.22. The van der Waals surface area contributed by atoms with Crippen molar-refractivity contribution in [2.45, 2.75) is 6.04 Å². The summed E-state index contributed by atoms with van der Waals surface area (Å²) in [7, 11) is 1.47. The fourth-order valence-corrected chi connectivity index (χ4v) is 1.73. The summed E-state index contributed by atoms with van der Waals surface area (Å²) >= 11 is 0. The van der Waals surface area contributed by atoms with Gasteiger partial charge in [-0.15, -0.1) is 0 Å². The van der Waals surface area contributed by atoms with E-state index in [2.05, 4.69) is 10.6 Å². The molecule has 98 valence electrons. The van der Waals surface area contributed by atoms with Crippen molar-refractivity contribution in [1.29, 1.82) is 0 Å². The number of rotatable bonds is 3. The van der Waals surface area contributed by atoms with Crippen molar-refractivity contribution in [3.63, 3.8) is 0 Å². The zero-order valence-corrected chi connectivity index (χ0v) is 10.1. The van der Waals surface area contributed by atoms with Gasteiger partial charge in [0.1, 0.15) is 6.04 Å². The van der Waals surface area contributed by atoms with Gasteiger partial charge in [0.05, 0.1) is 20.3 Å². The third-order valence-corrected chi connectivity index (χ3v) is 2.68. The van der Waals surface area contributed by atoms with E-state index in [0.29, 0.717) is 31.2 Å². The highest BCUT2D eigenvalue weighted by molar-refractivity contribution is 5.95. The number of anilines is 1. The highest BCUT2D eigenvalue weighted by atomic mass is 16.5. The maximum Gasteiger partial charge on any atom is 0.243 e. The minimum atomic E-state index is -0.358. The van der Waals surface area contributed by atoms with Gasteiger partial charge >= 0.3 is 0 Å². The van der Waals surface area contributed by atoms with Crippen LogP contribution in [0.15, 0.2) is 18.2 Å². The largest absolute Gasteiger partial charge is 0.504 e. The van der Waals surface area contributed by atoms with Crippen LogP contribution in [0.4, 0.5) is 5.69 Å². The Labute approximate surface area is 105 Å². The smallest absolute Gasteiger partial charge is 0.243 e. The first-order valence-corrected chi connectivity index (χ1v) is 5.69. The zero-order valence-electron chi connectivity index (χ0n) is 10.1. The first-order valence-electron chi connectivity index (χ1n) is 5.69. The predicted octanol–water partition coefficient (Wildman–Crippen LogP) is 0.328. The van der Waals surface area contributed by atoms with Crippen molar-refractivity contribution < 1.29 is 19.4 Å². The number of methoxy groups -OCH3 is 1. The summed E-state index contributed by atoms with van der Waals surface area (Å²) in [6.45, 7) is 1.63. The van der Waals surface area contributed by atoms with E-state index in [1.54, 1.807) is 12.1 Å². The summed E-state index contributed by atoms with van der Waals surface area (Å²) in [6, 6.07) is 4.35. The molecular formula is C12H16N2O4. The molecule has 1 saturated heterocycles. The standard InChI is InChI=1S/C12H16N2O4/c1-17-11-3-2-8(6-10(11)15)14-12(16)9-7-18-5-4-13-9/h2-3,6,9,13,15H,4-5,7H2,1H3,(H,14,16). The highest BCUT2D eigenvalue weighted by Crippen LogP contribution is 2.28. The van der Waals surface area contributed by atoms with Gasteiger partial charge < -0.3 is 25.2 Å². The molecule has 1 amide bonds. The number of benzene rings is 1. The number of amides is 1. The van der Waals surface area contributed by atoms with Gasteiger partial charge in [0.15, 0.2) is 11.5 Å². The maximum atomic E-state index is 11.9. The molecule has 0 saturated carbocycles. The van der Waals surface area contributed by atoms with Crippen LogP contribution < -0.4 is 15.4 Å². The summed E-state index contributed by atoms with van der Waals surface area (Å²) in [5.74, 6) is 0.176. The third-order valence-electron chi connectivity index (χ3n) is 2.68. The molecule has 0 radical (unpaired) electrons. The first kappa shape index (κ1) is 12.7. The van der Waals surface area contributed by atoms with Gasteiger partial charge in [-0.3, -0.25) is 4.79 Å². The second kappa shape index (κ2) is 5.70. The van der Waals surface area contributed by atoms with Crippen molar-refractivity contribution in [3.05, 3.63) is 18.2 Å². The van der Waals surface area contributed by atoms with Crippen LogP contribution >= 0.6 is 0 Å². The Bertz CT molecular complexity index is 430. The van der Waals surface area contributed by atoms with E-state index in [-0.39, 0.29) is 17.7 Å². The second-order valence-electron chi connectivity index (χ2n) is 3.96. The lowest BCUT2D eigenvalue weighted by Crippen LogP contribution is -2.48. The molecule has 6 nitrogen and oxygen atoms in total. The summed E-state index contributed by atoms with van der Waals surface area (Å²) in [5.41, 5.74) is 0.519. The van der Waals surface area contributed by atoms with E-state index in [9.17, 15) is 9.90 Å². The number of morpholine rings is 1. The molecule has 0 bridgehead atoms. The molecule has 0 aliphatic carbocycles. The molecule has 6 heteroatoms. The molecule has 0 aromatic heterocycles. The molecule has 2 rings (SSSR count). The van der Waals surface area contributed by atoms with E-state index < -0.39 is 0 Å². The minimum Gasteiger partial charge on any atom is -0.504 e. The fourth-order valence-electron chi connectivity index (χ4n) is 1.73. The average Bonchev–Trinajstić information content (AvgIpc) is 2.40. The summed E-state index contributed by atoms with van der Waals surface area (Å²) in [6.07, 6.45) is 0. The lowest BCUT2D eigenvalue weighted by molar-refractivity contribution is -0.120. The van der Waals surface area contributed by atoms with Gasteiger partial charge in [0, 0.05) is 18.3 Å². The van der Waals surface area contributed by atoms with Crippen molar-refractivity contribution >= 4 is 11.6 Å². The summed E-state index contributed by atoms with van der Waals surface area (Å²) in [5, 5.41) is 15.4. The van der Waals surface area contributed by atoms with Crippen LogP contribution in [0.25, 0.3) is 0 Å². The molecule has 18 heavy (non-hydrogen) atoms. The first-order chi connectivity index (χ1) is 8.70. The van der Waals surface area contributed by atoms with E-state index >= 15 is 0 Å². The Hall–Kier alpha value is -1.79. The Morgan fingerprint density at radius 2 is 2.44 bits per heavy atom. The number of carbonyl (C=O) groups is 1. The molecule has 1 unspecified atom stereocenters. The van der Waals surface area contributed by atoms with E-state index in [1.807, 2.05) is 0 Å². The normalized spacial score (nSPS) is 19.3. The zero-order chi connectivity index (χ0) is 13.0. The summed E-state index contributed by atoms with van der Waals surface area (Å²) < 4.78 is 10.1. The molecule has 1 aromatic rings. The number of nitrogens with one attached hydrogen (secondary N) is 2. The van der Waals surface area contributed by atoms with E-state index in [0.717, 1.165) is 0 Å². The van der Waals surface area contributed by atoms with Crippen LogP contribution in [0.2, 0.25) is 0 Å². The van der Waals surface area contributed by atoms with Gasteiger partial charge in [0.2, 0.25) is 5.91 Å². The Balaban J connectivity index is 2.00. The third kappa shape index (κ3) is 2.91. The molecule has 1 heterocycles. The average molecular weight is 252 g/mol. The second-order valence-corrected chi connectivity index (χ2v) is 3.96. The molecule has 1 aliphatic rings. The summed E-state index contributed by atoms with van der Waals surface area (Å²) in [4.78, 5) is 11.9. The highest BCUT2D eigenvalue weighted by Gasteiger charge is 2.21. The molecule has 1 atom stereocenters. The topological polar surface area (TPSA) is 79.8 Å². The van der Waals surface area contributed by atoms with Crippen LogP contribution in [0, 0.1) is 0 Å². The number of phenolic OH excluding ortho intramolecular Hbond substituents is 1. The van der Waals surface area contributed by atoms with Crippen LogP contribution in [0.1, 0.15) is 0 Å². The SMILES string of the molecule is COc1ccc(NC(=O)C2COCCN2)cc1O. The molecule has 3 N–H and O–H groups in total. The molecule has 1 fully saturated rings.